The Morgan fingerprint density at radius 2 is 1.04 bits per heavy atom. The largest absolute Gasteiger partial charge is 0.440 e. The van der Waals surface area contributed by atoms with Crippen LogP contribution in [0, 0.1) is 0 Å². The van der Waals surface area contributed by atoms with Gasteiger partial charge in [0.1, 0.15) is 5.58 Å². The van der Waals surface area contributed by atoms with Gasteiger partial charge in [-0.2, -0.15) is 0 Å². The third-order valence-electron chi connectivity index (χ3n) is 21.8. The molecule has 3 nitrogen and oxygen atoms in total. The molecule has 0 spiro atoms. The van der Waals surface area contributed by atoms with Gasteiger partial charge in [0.15, 0.2) is 5.88 Å². The molecule has 0 atom stereocenters. The Hall–Kier alpha value is -6.78. The molecule has 8 aromatic carbocycles. The fourth-order valence-corrected chi connectivity index (χ4v) is 16.1. The topological polar surface area (TPSA) is 28.4 Å². The Morgan fingerprint density at radius 3 is 1.69 bits per heavy atom. The van der Waals surface area contributed by atoms with Crippen LogP contribution in [-0.4, -0.2) is 7.28 Å². The van der Waals surface area contributed by atoms with Crippen LogP contribution in [0.25, 0.3) is 55.1 Å². The lowest BCUT2D eigenvalue weighted by Gasteiger charge is -2.42. The number of furan rings is 1. The number of fused-ring (bicyclic) bond motifs is 12. The predicted molar refractivity (Wildman–Crippen MR) is 356 cm³/mol. The van der Waals surface area contributed by atoms with Gasteiger partial charge in [-0.05, 0) is 220 Å². The van der Waals surface area contributed by atoms with Gasteiger partial charge >= 0.3 is 0 Å². The average Bonchev–Trinajstić information content (AvgIpc) is 1.83. The van der Waals surface area contributed by atoms with Crippen molar-refractivity contribution in [2.45, 2.75) is 200 Å². The molecule has 1 N–H and O–H groups in total. The zero-order chi connectivity index (χ0) is 58.5. The third kappa shape index (κ3) is 8.17. The van der Waals surface area contributed by atoms with Gasteiger partial charge in [-0.1, -0.05) is 197 Å². The summed E-state index contributed by atoms with van der Waals surface area (Å²) in [6.07, 6.45) is 6.97. The molecule has 14 rings (SSSR count). The molecular formula is C79H86BN2O. The van der Waals surface area contributed by atoms with E-state index < -0.39 is 0 Å². The molecule has 0 saturated heterocycles. The Labute approximate surface area is 497 Å². The standard InChI is InChI=1S/C79H86BN2O/c1-72(2,3)48-27-32-64(52(40-48)46-23-19-18-20-24-46)82-70-50-26-22-21-25-47(50)39-55(68(70)80-69-54-43-60-62(45-65(54)83-71(69)82)78(14,15)38-36-76(60,10)11)66-63(81-49-28-30-56-58(41-49)74(6,7)34-33-73(56,4)5)31-29-51-53-42-59-61(44-57(53)79(16,17)67(51)66)77(12,13)37-35-75(59,8)9/h18-32,39-45,81H,33-38H2,1-17H3. The first-order valence-electron chi connectivity index (χ1n) is 31.3. The smallest absolute Gasteiger partial charge is 0.203 e. The molecule has 1 aliphatic heterocycles. The lowest BCUT2D eigenvalue weighted by molar-refractivity contribution is 0.331. The predicted octanol–water partition coefficient (Wildman–Crippen LogP) is 20.8. The van der Waals surface area contributed by atoms with Crippen molar-refractivity contribution in [3.05, 3.63) is 184 Å². The first kappa shape index (κ1) is 54.2. The maximum atomic E-state index is 7.62. The summed E-state index contributed by atoms with van der Waals surface area (Å²) in [7, 11) is 2.54. The fraction of sp³-hybridized carbons (Fsp3) is 0.392. The maximum absolute atomic E-state index is 7.62. The van der Waals surface area contributed by atoms with Gasteiger partial charge in [0.25, 0.3) is 0 Å². The molecule has 5 aliphatic rings. The van der Waals surface area contributed by atoms with Crippen LogP contribution in [0.15, 0.2) is 138 Å². The van der Waals surface area contributed by atoms with Gasteiger partial charge in [0.2, 0.25) is 7.28 Å². The second kappa shape index (κ2) is 17.7. The van der Waals surface area contributed by atoms with Crippen LogP contribution in [0.1, 0.15) is 206 Å². The summed E-state index contributed by atoms with van der Waals surface area (Å²) in [5.41, 5.74) is 28.2. The van der Waals surface area contributed by atoms with Crippen molar-refractivity contribution in [3.63, 3.8) is 0 Å². The third-order valence-corrected chi connectivity index (χ3v) is 21.8. The van der Waals surface area contributed by atoms with Crippen LogP contribution >= 0.6 is 0 Å². The number of rotatable bonds is 5. The van der Waals surface area contributed by atoms with Crippen LogP contribution in [-0.2, 0) is 43.3 Å². The molecule has 0 amide bonds. The molecular weight excluding hydrogens is 1000 g/mol. The summed E-state index contributed by atoms with van der Waals surface area (Å²) in [5.74, 6) is 0.869. The lowest BCUT2D eigenvalue weighted by atomic mass is 9.57. The quantitative estimate of drug-likeness (QED) is 0.174. The van der Waals surface area contributed by atoms with E-state index in [4.69, 9.17) is 4.42 Å². The van der Waals surface area contributed by atoms with E-state index in [-0.39, 0.29) is 43.3 Å². The van der Waals surface area contributed by atoms with E-state index >= 15 is 0 Å². The minimum atomic E-state index is -0.354. The Kier molecular flexibility index (Phi) is 11.5. The van der Waals surface area contributed by atoms with Gasteiger partial charge < -0.3 is 9.73 Å². The Morgan fingerprint density at radius 1 is 0.458 bits per heavy atom. The first-order valence-corrected chi connectivity index (χ1v) is 31.3. The highest BCUT2D eigenvalue weighted by molar-refractivity contribution is 6.76. The highest BCUT2D eigenvalue weighted by Crippen LogP contribution is 2.60. The van der Waals surface area contributed by atoms with Crippen LogP contribution < -0.4 is 21.1 Å². The molecule has 2 heterocycles. The van der Waals surface area contributed by atoms with E-state index in [9.17, 15) is 0 Å². The number of hydrogen-bond donors (Lipinski definition) is 1. The van der Waals surface area contributed by atoms with Crippen molar-refractivity contribution in [1.29, 1.82) is 0 Å². The molecule has 9 aromatic rings. The van der Waals surface area contributed by atoms with E-state index in [2.05, 4.69) is 269 Å². The Balaban J connectivity index is 1.11. The van der Waals surface area contributed by atoms with E-state index in [1.807, 2.05) is 0 Å². The summed E-state index contributed by atoms with van der Waals surface area (Å²) >= 11 is 0. The number of anilines is 5. The zero-order valence-electron chi connectivity index (χ0n) is 52.9. The number of nitrogens with zero attached hydrogens (tertiary/aromatic N) is 1. The second-order valence-electron chi connectivity index (χ2n) is 31.6. The first-order chi connectivity index (χ1) is 39.0. The van der Waals surface area contributed by atoms with Crippen molar-refractivity contribution in [3.8, 4) is 33.4 Å². The molecule has 1 radical (unpaired) electrons. The average molecular weight is 1090 g/mol. The van der Waals surface area contributed by atoms with Crippen LogP contribution in [0.3, 0.4) is 0 Å². The Bertz CT molecular complexity index is 4220. The lowest BCUT2D eigenvalue weighted by Crippen LogP contribution is -2.41. The van der Waals surface area contributed by atoms with Gasteiger partial charge in [-0.25, -0.2) is 0 Å². The summed E-state index contributed by atoms with van der Waals surface area (Å²) < 4.78 is 7.62. The van der Waals surface area contributed by atoms with E-state index in [0.717, 1.165) is 58.9 Å². The van der Waals surface area contributed by atoms with Gasteiger partial charge in [0, 0.05) is 38.7 Å². The number of nitrogens with one attached hydrogen (secondary N) is 1. The number of benzene rings is 8. The van der Waals surface area contributed by atoms with E-state index in [0.29, 0.717) is 0 Å². The van der Waals surface area contributed by atoms with Crippen molar-refractivity contribution in [2.75, 3.05) is 10.2 Å². The highest BCUT2D eigenvalue weighted by Gasteiger charge is 2.47. The normalized spacial score (nSPS) is 19.6. The van der Waals surface area contributed by atoms with Crippen molar-refractivity contribution in [1.82, 2.24) is 0 Å². The summed E-state index contributed by atoms with van der Waals surface area (Å²) in [4.78, 5) is 2.54. The van der Waals surface area contributed by atoms with Gasteiger partial charge in [-0.15, -0.1) is 0 Å². The second-order valence-corrected chi connectivity index (χ2v) is 31.6. The van der Waals surface area contributed by atoms with Crippen LogP contribution in [0.4, 0.5) is 28.6 Å². The maximum Gasteiger partial charge on any atom is 0.203 e. The molecule has 421 valence electrons. The molecule has 0 bridgehead atoms. The summed E-state index contributed by atoms with van der Waals surface area (Å²) in [6.45, 7) is 41.4. The molecule has 4 aliphatic carbocycles. The van der Waals surface area contributed by atoms with Crippen molar-refractivity contribution >= 4 is 68.6 Å². The summed E-state index contributed by atoms with van der Waals surface area (Å²) in [5, 5.41) is 7.82. The van der Waals surface area contributed by atoms with Crippen molar-refractivity contribution < 1.29 is 4.42 Å². The van der Waals surface area contributed by atoms with E-state index in [1.165, 1.54) is 124 Å². The van der Waals surface area contributed by atoms with Crippen LogP contribution in [0.2, 0.25) is 0 Å². The van der Waals surface area contributed by atoms with Crippen LogP contribution in [0.5, 0.6) is 0 Å². The summed E-state index contributed by atoms with van der Waals surface area (Å²) in [6, 6.07) is 52.4. The SMILES string of the molecule is CC(C)(C)c1ccc(N2c3oc4cc5c(cc4c3[B]c3c(-c4c(Nc6ccc7c(c6)C(C)(C)CCC7(C)C)ccc6c4C(C)(C)c4cc7c(cc4-6)C(C)(C)CCC7(C)C)cc4ccccc4c32)C(C)(C)CCC5(C)C)c(-c2ccccc2)c1. The zero-order valence-corrected chi connectivity index (χ0v) is 52.9. The molecule has 0 unspecified atom stereocenters. The molecule has 83 heavy (non-hydrogen) atoms. The minimum Gasteiger partial charge on any atom is -0.440 e. The van der Waals surface area contributed by atoms with Gasteiger partial charge in [0.05, 0.1) is 11.4 Å². The molecule has 1 aromatic heterocycles. The van der Waals surface area contributed by atoms with E-state index in [1.54, 1.807) is 0 Å². The van der Waals surface area contributed by atoms with Crippen molar-refractivity contribution in [2.24, 2.45) is 0 Å². The fourth-order valence-electron chi connectivity index (χ4n) is 16.1. The number of hydrogen-bond acceptors (Lipinski definition) is 3. The minimum absolute atomic E-state index is 0.0110. The molecule has 0 saturated carbocycles. The molecule has 4 heteroatoms. The highest BCUT2D eigenvalue weighted by atomic mass is 16.4. The monoisotopic (exact) mass is 1090 g/mol. The van der Waals surface area contributed by atoms with Gasteiger partial charge in [-0.3, -0.25) is 4.90 Å². The molecule has 0 fully saturated rings.